The van der Waals surface area contributed by atoms with Crippen molar-refractivity contribution in [2.75, 3.05) is 0 Å². The number of hydrogen-bond acceptors (Lipinski definition) is 2. The number of aliphatic hydroxyl groups excluding tert-OH is 1. The lowest BCUT2D eigenvalue weighted by Gasteiger charge is -1.98. The molecule has 0 fully saturated rings. The van der Waals surface area contributed by atoms with Crippen LogP contribution >= 0.6 is 27.3 Å². The van der Waals surface area contributed by atoms with Crippen molar-refractivity contribution in [2.24, 2.45) is 0 Å². The van der Waals surface area contributed by atoms with E-state index in [0.717, 1.165) is 9.35 Å². The van der Waals surface area contributed by atoms with E-state index in [1.807, 2.05) is 13.0 Å². The summed E-state index contributed by atoms with van der Waals surface area (Å²) in [5.41, 5.74) is 0. The second-order valence-corrected chi connectivity index (χ2v) is 4.39. The molecule has 0 radical (unpaired) electrons. The Labute approximate surface area is 72.8 Å². The van der Waals surface area contributed by atoms with Crippen LogP contribution in [-0.4, -0.2) is 5.11 Å². The summed E-state index contributed by atoms with van der Waals surface area (Å²) < 4.78 is 1.02. The largest absolute Gasteiger partial charge is 0.388 e. The molecule has 0 saturated carbocycles. The molecule has 1 N–H and O–H groups in total. The predicted octanol–water partition coefficient (Wildman–Crippen LogP) is 2.87. The molecule has 0 bridgehead atoms. The summed E-state index contributed by atoms with van der Waals surface area (Å²) in [7, 11) is 0. The van der Waals surface area contributed by atoms with Gasteiger partial charge in [-0.15, -0.1) is 11.3 Å². The summed E-state index contributed by atoms with van der Waals surface area (Å²) in [6, 6.07) is 2.02. The second kappa shape index (κ2) is 3.03. The van der Waals surface area contributed by atoms with E-state index in [-0.39, 0.29) is 6.10 Å². The molecule has 1 aromatic heterocycles. The summed E-state index contributed by atoms with van der Waals surface area (Å²) in [4.78, 5) is 2.24. The van der Waals surface area contributed by atoms with Gasteiger partial charge in [0.25, 0.3) is 0 Å². The van der Waals surface area contributed by atoms with Gasteiger partial charge in [0.2, 0.25) is 0 Å². The van der Waals surface area contributed by atoms with Crippen LogP contribution in [0, 0.1) is 6.92 Å². The molecule has 1 heterocycles. The molecular weight excluding hydrogens is 212 g/mol. The van der Waals surface area contributed by atoms with Gasteiger partial charge in [-0.05, 0) is 35.8 Å². The van der Waals surface area contributed by atoms with Crippen LogP contribution in [0.5, 0.6) is 0 Å². The summed E-state index contributed by atoms with van der Waals surface area (Å²) >= 11 is 4.99. The molecular formula is C7H9BrOS. The van der Waals surface area contributed by atoms with Crippen LogP contribution in [0.2, 0.25) is 0 Å². The van der Waals surface area contributed by atoms with E-state index in [4.69, 9.17) is 0 Å². The first kappa shape index (κ1) is 8.24. The molecule has 0 saturated heterocycles. The lowest BCUT2D eigenvalue weighted by molar-refractivity contribution is 0.202. The lowest BCUT2D eigenvalue weighted by atomic mass is 10.3. The highest BCUT2D eigenvalue weighted by Crippen LogP contribution is 2.31. The summed E-state index contributed by atoms with van der Waals surface area (Å²) in [6.07, 6.45) is -0.354. The van der Waals surface area contributed by atoms with Crippen molar-refractivity contribution in [3.05, 3.63) is 20.3 Å². The molecule has 0 aromatic carbocycles. The van der Waals surface area contributed by atoms with Gasteiger partial charge in [-0.1, -0.05) is 0 Å². The van der Waals surface area contributed by atoms with E-state index in [9.17, 15) is 5.11 Å². The maximum Gasteiger partial charge on any atom is 0.0865 e. The highest BCUT2D eigenvalue weighted by atomic mass is 79.9. The van der Waals surface area contributed by atoms with Crippen molar-refractivity contribution in [2.45, 2.75) is 20.0 Å². The topological polar surface area (TPSA) is 20.2 Å². The summed E-state index contributed by atoms with van der Waals surface area (Å²) in [5, 5.41) is 9.20. The SMILES string of the molecule is Cc1cc(Br)c([C@@H](C)O)s1. The number of rotatable bonds is 1. The molecule has 0 aliphatic heterocycles. The van der Waals surface area contributed by atoms with Crippen LogP contribution in [0.25, 0.3) is 0 Å². The Morgan fingerprint density at radius 2 is 2.30 bits per heavy atom. The van der Waals surface area contributed by atoms with E-state index < -0.39 is 0 Å². The molecule has 10 heavy (non-hydrogen) atoms. The lowest BCUT2D eigenvalue weighted by Crippen LogP contribution is -1.85. The zero-order chi connectivity index (χ0) is 7.72. The van der Waals surface area contributed by atoms with Crippen molar-refractivity contribution in [3.63, 3.8) is 0 Å². The summed E-state index contributed by atoms with van der Waals surface area (Å²) in [6.45, 7) is 3.80. The van der Waals surface area contributed by atoms with Crippen molar-refractivity contribution in [1.82, 2.24) is 0 Å². The number of thiophene rings is 1. The zero-order valence-corrected chi connectivity index (χ0v) is 8.29. The molecule has 1 rings (SSSR count). The van der Waals surface area contributed by atoms with Crippen molar-refractivity contribution >= 4 is 27.3 Å². The fraction of sp³-hybridized carbons (Fsp3) is 0.429. The van der Waals surface area contributed by atoms with Gasteiger partial charge in [-0.3, -0.25) is 0 Å². The minimum Gasteiger partial charge on any atom is -0.388 e. The Balaban J connectivity index is 3.03. The highest BCUT2D eigenvalue weighted by molar-refractivity contribution is 9.10. The smallest absolute Gasteiger partial charge is 0.0865 e. The normalized spacial score (nSPS) is 13.6. The van der Waals surface area contributed by atoms with Crippen molar-refractivity contribution in [3.8, 4) is 0 Å². The average Bonchev–Trinajstić information content (AvgIpc) is 2.10. The average molecular weight is 221 g/mol. The van der Waals surface area contributed by atoms with Crippen LogP contribution in [0.3, 0.4) is 0 Å². The van der Waals surface area contributed by atoms with Crippen LogP contribution in [0.1, 0.15) is 22.8 Å². The van der Waals surface area contributed by atoms with Gasteiger partial charge in [0.05, 0.1) is 6.10 Å². The third kappa shape index (κ3) is 1.59. The molecule has 0 unspecified atom stereocenters. The number of aliphatic hydroxyl groups is 1. The quantitative estimate of drug-likeness (QED) is 0.773. The Hall–Kier alpha value is 0.140. The third-order valence-electron chi connectivity index (χ3n) is 1.22. The van der Waals surface area contributed by atoms with Gasteiger partial charge < -0.3 is 5.11 Å². The molecule has 0 amide bonds. The first-order valence-corrected chi connectivity index (χ1v) is 4.66. The Morgan fingerprint density at radius 3 is 2.50 bits per heavy atom. The number of aryl methyl sites for hydroxylation is 1. The second-order valence-electron chi connectivity index (χ2n) is 2.25. The fourth-order valence-electron chi connectivity index (χ4n) is 0.786. The van der Waals surface area contributed by atoms with E-state index in [1.54, 1.807) is 18.3 Å². The first-order chi connectivity index (χ1) is 4.61. The van der Waals surface area contributed by atoms with Crippen LogP contribution in [0.4, 0.5) is 0 Å². The third-order valence-corrected chi connectivity index (χ3v) is 3.36. The predicted molar refractivity (Wildman–Crippen MR) is 47.4 cm³/mol. The minimum atomic E-state index is -0.354. The standard InChI is InChI=1S/C7H9BrOS/c1-4-3-6(8)7(10-4)5(2)9/h3,5,9H,1-2H3/t5-/m1/s1. The molecule has 0 spiro atoms. The van der Waals surface area contributed by atoms with Crippen LogP contribution < -0.4 is 0 Å². The van der Waals surface area contributed by atoms with Crippen molar-refractivity contribution < 1.29 is 5.11 Å². The maximum absolute atomic E-state index is 9.20. The highest BCUT2D eigenvalue weighted by Gasteiger charge is 2.08. The Morgan fingerprint density at radius 1 is 1.70 bits per heavy atom. The Kier molecular flexibility index (Phi) is 2.50. The molecule has 1 atom stereocenters. The van der Waals surface area contributed by atoms with E-state index in [0.29, 0.717) is 0 Å². The van der Waals surface area contributed by atoms with Gasteiger partial charge in [-0.25, -0.2) is 0 Å². The molecule has 1 nitrogen and oxygen atoms in total. The van der Waals surface area contributed by atoms with Crippen LogP contribution in [0.15, 0.2) is 10.5 Å². The van der Waals surface area contributed by atoms with Gasteiger partial charge in [0, 0.05) is 14.2 Å². The van der Waals surface area contributed by atoms with Gasteiger partial charge >= 0.3 is 0 Å². The fourth-order valence-corrected chi connectivity index (χ4v) is 2.71. The molecule has 0 aliphatic rings. The van der Waals surface area contributed by atoms with Gasteiger partial charge in [0.15, 0.2) is 0 Å². The molecule has 3 heteroatoms. The molecule has 1 aromatic rings. The maximum atomic E-state index is 9.20. The molecule has 0 aliphatic carbocycles. The Bertz CT molecular complexity index is 230. The summed E-state index contributed by atoms with van der Waals surface area (Å²) in [5.74, 6) is 0. The van der Waals surface area contributed by atoms with Crippen molar-refractivity contribution in [1.29, 1.82) is 0 Å². The molecule has 56 valence electrons. The number of halogens is 1. The van der Waals surface area contributed by atoms with Crippen LogP contribution in [-0.2, 0) is 0 Å². The minimum absolute atomic E-state index is 0.354. The monoisotopic (exact) mass is 220 g/mol. The zero-order valence-electron chi connectivity index (χ0n) is 5.89. The first-order valence-electron chi connectivity index (χ1n) is 3.05. The van der Waals surface area contributed by atoms with E-state index in [2.05, 4.69) is 15.9 Å². The van der Waals surface area contributed by atoms with Gasteiger partial charge in [0.1, 0.15) is 0 Å². The van der Waals surface area contributed by atoms with E-state index >= 15 is 0 Å². The number of hydrogen-bond donors (Lipinski definition) is 1. The van der Waals surface area contributed by atoms with E-state index in [1.165, 1.54) is 4.88 Å². The van der Waals surface area contributed by atoms with Gasteiger partial charge in [-0.2, -0.15) is 0 Å².